The number of fused-ring (bicyclic) bond motifs is 1. The van der Waals surface area contributed by atoms with Crippen molar-refractivity contribution >= 4 is 5.91 Å². The van der Waals surface area contributed by atoms with E-state index in [1.807, 2.05) is 48.5 Å². The molecule has 2 aromatic heterocycles. The second-order valence-electron chi connectivity index (χ2n) is 7.33. The first-order valence-corrected chi connectivity index (χ1v) is 10.2. The normalized spacial score (nSPS) is 13.2. The minimum absolute atomic E-state index is 0.153. The van der Waals surface area contributed by atoms with Crippen LogP contribution < -0.4 is 9.47 Å². The largest absolute Gasteiger partial charge is 0.496 e. The molecule has 1 aliphatic heterocycles. The van der Waals surface area contributed by atoms with Gasteiger partial charge in [-0.15, -0.1) is 5.10 Å². The Labute approximate surface area is 184 Å². The van der Waals surface area contributed by atoms with Gasteiger partial charge in [0.05, 0.1) is 27.0 Å². The Bertz CT molecular complexity index is 1280. The van der Waals surface area contributed by atoms with E-state index in [9.17, 15) is 4.79 Å². The average Bonchev–Trinajstić information content (AvgIpc) is 3.48. The summed E-state index contributed by atoms with van der Waals surface area (Å²) in [6, 6.07) is 15.0. The third-order valence-corrected chi connectivity index (χ3v) is 5.46. The maximum Gasteiger partial charge on any atom is 0.260 e. The van der Waals surface area contributed by atoms with Crippen molar-refractivity contribution in [1.82, 2.24) is 25.1 Å². The van der Waals surface area contributed by atoms with Crippen LogP contribution in [0.4, 0.5) is 0 Å². The molecule has 32 heavy (non-hydrogen) atoms. The number of ether oxygens (including phenoxy) is 2. The zero-order valence-corrected chi connectivity index (χ0v) is 17.7. The van der Waals surface area contributed by atoms with Gasteiger partial charge in [0.15, 0.2) is 5.76 Å². The number of carbonyl (C=O) groups is 1. The van der Waals surface area contributed by atoms with Crippen LogP contribution in [0.15, 0.2) is 59.3 Å². The summed E-state index contributed by atoms with van der Waals surface area (Å²) in [6.07, 6.45) is 2.37. The lowest BCUT2D eigenvalue weighted by molar-refractivity contribution is 0.0717. The first-order chi connectivity index (χ1) is 15.7. The summed E-state index contributed by atoms with van der Waals surface area (Å²) in [5.41, 5.74) is 3.13. The molecule has 9 nitrogen and oxygen atoms in total. The molecule has 0 atom stereocenters. The first kappa shape index (κ1) is 19.8. The van der Waals surface area contributed by atoms with Crippen LogP contribution in [-0.2, 0) is 13.0 Å². The van der Waals surface area contributed by atoms with Crippen molar-refractivity contribution in [1.29, 1.82) is 0 Å². The van der Waals surface area contributed by atoms with E-state index in [1.165, 1.54) is 0 Å². The number of nitrogens with zero attached hydrogens (tertiary/aromatic N) is 5. The lowest BCUT2D eigenvalue weighted by Gasteiger charge is -2.25. The summed E-state index contributed by atoms with van der Waals surface area (Å²) in [6.45, 7) is 0.831. The van der Waals surface area contributed by atoms with Crippen LogP contribution in [0.2, 0.25) is 0 Å². The van der Waals surface area contributed by atoms with Gasteiger partial charge in [-0.05, 0) is 24.3 Å². The Balaban J connectivity index is 1.42. The number of hydrogen-bond acceptors (Lipinski definition) is 7. The zero-order valence-electron chi connectivity index (χ0n) is 17.7. The van der Waals surface area contributed by atoms with Gasteiger partial charge in [0.1, 0.15) is 34.1 Å². The number of amides is 1. The molecule has 2 aromatic carbocycles. The van der Waals surface area contributed by atoms with E-state index in [4.69, 9.17) is 14.0 Å². The SMILES string of the molecule is COc1ccccc1-c1noc2c1C(=O)N(Cc1cn(-c3ccccc3OC)nn1)CC2. The molecule has 1 aliphatic rings. The van der Waals surface area contributed by atoms with Crippen LogP contribution in [0.25, 0.3) is 16.9 Å². The fourth-order valence-electron chi connectivity index (χ4n) is 3.89. The standard InChI is InChI=1S/C23H21N5O4/c1-30-18-9-5-3-7-16(18)22-21-20(32-25-22)11-12-27(23(21)29)13-15-14-28(26-24-15)17-8-4-6-10-19(17)31-2/h3-10,14H,11-13H2,1-2H3. The molecule has 4 aromatic rings. The second kappa shape index (κ2) is 8.18. The topological polar surface area (TPSA) is 95.5 Å². The maximum atomic E-state index is 13.4. The summed E-state index contributed by atoms with van der Waals surface area (Å²) in [7, 11) is 3.20. The molecular weight excluding hydrogens is 410 g/mol. The molecule has 0 fully saturated rings. The lowest BCUT2D eigenvalue weighted by atomic mass is 10.00. The predicted octanol–water partition coefficient (Wildman–Crippen LogP) is 3.14. The molecule has 9 heteroatoms. The molecule has 1 amide bonds. The highest BCUT2D eigenvalue weighted by Crippen LogP contribution is 2.35. The number of aromatic nitrogens is 4. The Morgan fingerprint density at radius 3 is 2.59 bits per heavy atom. The third-order valence-electron chi connectivity index (χ3n) is 5.46. The van der Waals surface area contributed by atoms with Gasteiger partial charge in [-0.1, -0.05) is 34.6 Å². The number of benzene rings is 2. The quantitative estimate of drug-likeness (QED) is 0.463. The summed E-state index contributed by atoms with van der Waals surface area (Å²) < 4.78 is 18.0. The van der Waals surface area contributed by atoms with E-state index in [0.29, 0.717) is 53.7 Å². The van der Waals surface area contributed by atoms with E-state index in [0.717, 1.165) is 11.3 Å². The van der Waals surface area contributed by atoms with Crippen LogP contribution in [0.5, 0.6) is 11.5 Å². The Morgan fingerprint density at radius 2 is 1.78 bits per heavy atom. The predicted molar refractivity (Wildman–Crippen MR) is 115 cm³/mol. The van der Waals surface area contributed by atoms with Crippen molar-refractivity contribution in [3.8, 4) is 28.4 Å². The van der Waals surface area contributed by atoms with E-state index in [-0.39, 0.29) is 5.91 Å². The molecule has 0 radical (unpaired) electrons. The summed E-state index contributed by atoms with van der Waals surface area (Å²) in [5, 5.41) is 12.6. The van der Waals surface area contributed by atoms with Gasteiger partial charge in [-0.25, -0.2) is 4.68 Å². The van der Waals surface area contributed by atoms with E-state index < -0.39 is 0 Å². The highest BCUT2D eigenvalue weighted by atomic mass is 16.5. The fourth-order valence-corrected chi connectivity index (χ4v) is 3.89. The molecule has 162 valence electrons. The third kappa shape index (κ3) is 3.37. The number of rotatable bonds is 6. The Morgan fingerprint density at radius 1 is 1.03 bits per heavy atom. The van der Waals surface area contributed by atoms with Gasteiger partial charge in [0, 0.05) is 18.5 Å². The molecular formula is C23H21N5O4. The van der Waals surface area contributed by atoms with Gasteiger partial charge < -0.3 is 18.9 Å². The second-order valence-corrected chi connectivity index (χ2v) is 7.33. The van der Waals surface area contributed by atoms with Crippen LogP contribution in [-0.4, -0.2) is 51.7 Å². The fraction of sp³-hybridized carbons (Fsp3) is 0.217. The van der Waals surface area contributed by atoms with Crippen LogP contribution in [0.1, 0.15) is 21.8 Å². The van der Waals surface area contributed by atoms with Crippen LogP contribution in [0.3, 0.4) is 0 Å². The molecule has 0 aliphatic carbocycles. The number of carbonyl (C=O) groups excluding carboxylic acids is 1. The van der Waals surface area contributed by atoms with Crippen LogP contribution in [0, 0.1) is 0 Å². The smallest absolute Gasteiger partial charge is 0.260 e. The van der Waals surface area contributed by atoms with Gasteiger partial charge >= 0.3 is 0 Å². The van der Waals surface area contributed by atoms with Crippen LogP contribution >= 0.6 is 0 Å². The van der Waals surface area contributed by atoms with E-state index in [1.54, 1.807) is 30.0 Å². The van der Waals surface area contributed by atoms with Crippen molar-refractivity contribution in [2.24, 2.45) is 0 Å². The molecule has 0 unspecified atom stereocenters. The molecule has 0 spiro atoms. The minimum atomic E-state index is -0.153. The summed E-state index contributed by atoms with van der Waals surface area (Å²) in [4.78, 5) is 15.1. The van der Waals surface area contributed by atoms with Gasteiger partial charge in [-0.3, -0.25) is 4.79 Å². The Kier molecular flexibility index (Phi) is 5.06. The van der Waals surface area contributed by atoms with Gasteiger partial charge in [0.2, 0.25) is 0 Å². The van der Waals surface area contributed by atoms with Gasteiger partial charge in [-0.2, -0.15) is 0 Å². The minimum Gasteiger partial charge on any atom is -0.496 e. The number of hydrogen-bond donors (Lipinski definition) is 0. The highest BCUT2D eigenvalue weighted by Gasteiger charge is 2.33. The highest BCUT2D eigenvalue weighted by molar-refractivity contribution is 6.02. The zero-order chi connectivity index (χ0) is 22.1. The van der Waals surface area contributed by atoms with Crippen molar-refractivity contribution in [2.45, 2.75) is 13.0 Å². The molecule has 0 bridgehead atoms. The van der Waals surface area contributed by atoms with Crippen molar-refractivity contribution in [3.63, 3.8) is 0 Å². The molecule has 0 saturated heterocycles. The molecule has 5 rings (SSSR count). The van der Waals surface area contributed by atoms with Crippen molar-refractivity contribution in [3.05, 3.63) is 71.7 Å². The van der Waals surface area contributed by atoms with Gasteiger partial charge in [0.25, 0.3) is 5.91 Å². The molecule has 0 N–H and O–H groups in total. The summed E-state index contributed by atoms with van der Waals surface area (Å²) in [5.74, 6) is 1.76. The Hall–Kier alpha value is -4.14. The van der Waals surface area contributed by atoms with E-state index in [2.05, 4.69) is 15.5 Å². The summed E-state index contributed by atoms with van der Waals surface area (Å²) >= 11 is 0. The monoisotopic (exact) mass is 431 g/mol. The average molecular weight is 431 g/mol. The maximum absolute atomic E-state index is 13.4. The number of para-hydroxylation sites is 3. The number of methoxy groups -OCH3 is 2. The lowest BCUT2D eigenvalue weighted by Crippen LogP contribution is -2.36. The van der Waals surface area contributed by atoms with Crippen molar-refractivity contribution < 1.29 is 18.8 Å². The molecule has 3 heterocycles. The first-order valence-electron chi connectivity index (χ1n) is 10.2. The molecule has 0 saturated carbocycles. The van der Waals surface area contributed by atoms with Crippen molar-refractivity contribution in [2.75, 3.05) is 20.8 Å². The van der Waals surface area contributed by atoms with E-state index >= 15 is 0 Å².